The standard InChI is InChI=1S/C18H28N2O2/c1-10-9-15(20(7)18(21)22-8)16-13(4)11(2)12(3)14(5)17(16)19(10)6/h10,15H,9H2,1-8H3. The summed E-state index contributed by atoms with van der Waals surface area (Å²) in [6.07, 6.45) is 0.640. The molecule has 2 rings (SSSR count). The number of hydrogen-bond donors (Lipinski definition) is 0. The van der Waals surface area contributed by atoms with Crippen LogP contribution in [-0.4, -0.2) is 38.2 Å². The average molecular weight is 304 g/mol. The summed E-state index contributed by atoms with van der Waals surface area (Å²) in [6, 6.07) is 0.441. The van der Waals surface area contributed by atoms with E-state index in [1.54, 1.807) is 4.90 Å². The first-order valence-corrected chi connectivity index (χ1v) is 7.86. The Hall–Kier alpha value is -1.71. The molecule has 1 aliphatic heterocycles. The Bertz CT molecular complexity index is 610. The molecule has 4 heteroatoms. The SMILES string of the molecule is COC(=O)N(C)C1CC(C)N(C)c2c(C)c(C)c(C)c(C)c21. The number of amides is 1. The Balaban J connectivity index is 2.70. The number of nitrogens with zero attached hydrogens (tertiary/aromatic N) is 2. The maximum Gasteiger partial charge on any atom is 0.409 e. The minimum Gasteiger partial charge on any atom is -0.453 e. The van der Waals surface area contributed by atoms with Gasteiger partial charge in [0.2, 0.25) is 0 Å². The van der Waals surface area contributed by atoms with Crippen molar-refractivity contribution in [3.63, 3.8) is 0 Å². The number of anilines is 1. The van der Waals surface area contributed by atoms with Crippen LogP contribution in [0.25, 0.3) is 0 Å². The number of carbonyl (C=O) groups excluding carboxylic acids is 1. The van der Waals surface area contributed by atoms with Gasteiger partial charge in [0.15, 0.2) is 0 Å². The van der Waals surface area contributed by atoms with Crippen LogP contribution in [-0.2, 0) is 4.74 Å². The Morgan fingerprint density at radius 1 is 1.14 bits per heavy atom. The predicted molar refractivity (Wildman–Crippen MR) is 90.8 cm³/mol. The molecule has 4 nitrogen and oxygen atoms in total. The molecule has 2 atom stereocenters. The molecule has 22 heavy (non-hydrogen) atoms. The van der Waals surface area contributed by atoms with Gasteiger partial charge in [0.1, 0.15) is 0 Å². The van der Waals surface area contributed by atoms with Crippen LogP contribution in [0.1, 0.15) is 47.2 Å². The number of rotatable bonds is 1. The third-order valence-electron chi connectivity index (χ3n) is 5.54. The molecule has 0 spiro atoms. The molecule has 1 aromatic carbocycles. The van der Waals surface area contributed by atoms with E-state index in [-0.39, 0.29) is 12.1 Å². The third-order valence-corrected chi connectivity index (χ3v) is 5.54. The zero-order chi connectivity index (χ0) is 16.8. The van der Waals surface area contributed by atoms with Gasteiger partial charge in [-0.15, -0.1) is 0 Å². The average Bonchev–Trinajstić information content (AvgIpc) is 2.51. The number of methoxy groups -OCH3 is 1. The fraction of sp³-hybridized carbons (Fsp3) is 0.611. The maximum atomic E-state index is 12.0. The van der Waals surface area contributed by atoms with Gasteiger partial charge in [-0.1, -0.05) is 0 Å². The van der Waals surface area contributed by atoms with E-state index in [2.05, 4.69) is 46.6 Å². The van der Waals surface area contributed by atoms with E-state index in [1.165, 1.54) is 40.6 Å². The molecule has 1 aliphatic rings. The molecule has 0 bridgehead atoms. The van der Waals surface area contributed by atoms with Crippen molar-refractivity contribution in [3.8, 4) is 0 Å². The molecule has 0 fully saturated rings. The minimum absolute atomic E-state index is 0.0617. The van der Waals surface area contributed by atoms with Crippen LogP contribution in [0.15, 0.2) is 0 Å². The van der Waals surface area contributed by atoms with Gasteiger partial charge in [0.25, 0.3) is 0 Å². The fourth-order valence-corrected chi connectivity index (χ4v) is 3.63. The van der Waals surface area contributed by atoms with Crippen LogP contribution < -0.4 is 4.90 Å². The van der Waals surface area contributed by atoms with Gasteiger partial charge in [0.05, 0.1) is 13.2 Å². The Kier molecular flexibility index (Phi) is 4.41. The number of fused-ring (bicyclic) bond motifs is 1. The summed E-state index contributed by atoms with van der Waals surface area (Å²) in [5.74, 6) is 0. The summed E-state index contributed by atoms with van der Waals surface area (Å²) in [7, 11) is 5.43. The second kappa shape index (κ2) is 5.82. The third kappa shape index (κ3) is 2.34. The first-order valence-electron chi connectivity index (χ1n) is 7.86. The molecule has 2 unspecified atom stereocenters. The van der Waals surface area contributed by atoms with Crippen molar-refractivity contribution in [2.24, 2.45) is 0 Å². The van der Waals surface area contributed by atoms with Gasteiger partial charge in [-0.05, 0) is 63.3 Å². The Morgan fingerprint density at radius 2 is 1.68 bits per heavy atom. The van der Waals surface area contributed by atoms with E-state index in [1.807, 2.05) is 7.05 Å². The molecule has 0 saturated carbocycles. The van der Waals surface area contributed by atoms with E-state index < -0.39 is 0 Å². The van der Waals surface area contributed by atoms with Gasteiger partial charge >= 0.3 is 6.09 Å². The highest BCUT2D eigenvalue weighted by Gasteiger charge is 2.36. The van der Waals surface area contributed by atoms with E-state index in [0.29, 0.717) is 6.04 Å². The van der Waals surface area contributed by atoms with Crippen molar-refractivity contribution in [1.29, 1.82) is 0 Å². The summed E-state index contributed by atoms with van der Waals surface area (Å²) in [5.41, 5.74) is 7.82. The van der Waals surface area contributed by atoms with Crippen LogP contribution in [0.3, 0.4) is 0 Å². The van der Waals surface area contributed by atoms with E-state index in [9.17, 15) is 4.79 Å². The minimum atomic E-state index is -0.275. The monoisotopic (exact) mass is 304 g/mol. The smallest absolute Gasteiger partial charge is 0.409 e. The molecule has 1 aromatic rings. The van der Waals surface area contributed by atoms with Gasteiger partial charge in [-0.25, -0.2) is 4.79 Å². The van der Waals surface area contributed by atoms with Crippen LogP contribution in [0.4, 0.5) is 10.5 Å². The molecule has 1 amide bonds. The van der Waals surface area contributed by atoms with Crippen molar-refractivity contribution in [3.05, 3.63) is 27.8 Å². The van der Waals surface area contributed by atoms with E-state index >= 15 is 0 Å². The second-order valence-corrected chi connectivity index (χ2v) is 6.55. The lowest BCUT2D eigenvalue weighted by Crippen LogP contribution is -2.43. The molecule has 0 N–H and O–H groups in total. The molecule has 122 valence electrons. The highest BCUT2D eigenvalue weighted by molar-refractivity contribution is 5.73. The summed E-state index contributed by atoms with van der Waals surface area (Å²) in [6.45, 7) is 10.9. The van der Waals surface area contributed by atoms with Gasteiger partial charge in [0, 0.05) is 31.4 Å². The van der Waals surface area contributed by atoms with Gasteiger partial charge in [-0.2, -0.15) is 0 Å². The summed E-state index contributed by atoms with van der Waals surface area (Å²) in [5, 5.41) is 0. The zero-order valence-corrected chi connectivity index (χ0v) is 15.1. The first kappa shape index (κ1) is 16.7. The zero-order valence-electron chi connectivity index (χ0n) is 15.1. The van der Waals surface area contributed by atoms with Crippen LogP contribution in [0.5, 0.6) is 0 Å². The Morgan fingerprint density at radius 3 is 2.23 bits per heavy atom. The van der Waals surface area contributed by atoms with Crippen molar-refractivity contribution in [2.75, 3.05) is 26.1 Å². The second-order valence-electron chi connectivity index (χ2n) is 6.55. The highest BCUT2D eigenvalue weighted by atomic mass is 16.5. The highest BCUT2D eigenvalue weighted by Crippen LogP contribution is 2.45. The van der Waals surface area contributed by atoms with Crippen LogP contribution in [0.2, 0.25) is 0 Å². The quantitative estimate of drug-likeness (QED) is 0.789. The van der Waals surface area contributed by atoms with E-state index in [0.717, 1.165) is 6.42 Å². The molecule has 0 aliphatic carbocycles. The Labute approximate surface area is 134 Å². The normalized spacial score (nSPS) is 20.6. The van der Waals surface area contributed by atoms with Gasteiger partial charge < -0.3 is 14.5 Å². The van der Waals surface area contributed by atoms with Crippen molar-refractivity contribution < 1.29 is 9.53 Å². The largest absolute Gasteiger partial charge is 0.453 e. The summed E-state index contributed by atoms with van der Waals surface area (Å²) >= 11 is 0. The molecule has 1 heterocycles. The predicted octanol–water partition coefficient (Wildman–Crippen LogP) is 3.89. The van der Waals surface area contributed by atoms with Crippen molar-refractivity contribution >= 4 is 11.8 Å². The number of hydrogen-bond acceptors (Lipinski definition) is 3. The molecule has 0 radical (unpaired) electrons. The lowest BCUT2D eigenvalue weighted by atomic mass is 9.82. The first-order chi connectivity index (χ1) is 10.2. The number of ether oxygens (including phenoxy) is 1. The number of carbonyl (C=O) groups is 1. The van der Waals surface area contributed by atoms with Crippen LogP contribution >= 0.6 is 0 Å². The van der Waals surface area contributed by atoms with Crippen molar-refractivity contribution in [1.82, 2.24) is 4.90 Å². The van der Waals surface area contributed by atoms with Crippen molar-refractivity contribution in [2.45, 2.75) is 53.1 Å². The summed E-state index contributed by atoms with van der Waals surface area (Å²) < 4.78 is 4.94. The van der Waals surface area contributed by atoms with Crippen LogP contribution in [0, 0.1) is 27.7 Å². The fourth-order valence-electron chi connectivity index (χ4n) is 3.63. The lowest BCUT2D eigenvalue weighted by Gasteiger charge is -2.44. The molecular weight excluding hydrogens is 276 g/mol. The molecule has 0 aromatic heterocycles. The molecular formula is C18H28N2O2. The maximum absolute atomic E-state index is 12.0. The summed E-state index contributed by atoms with van der Waals surface area (Å²) in [4.78, 5) is 16.1. The number of benzene rings is 1. The molecule has 0 saturated heterocycles. The van der Waals surface area contributed by atoms with Gasteiger partial charge in [-0.3, -0.25) is 0 Å². The topological polar surface area (TPSA) is 32.8 Å². The van der Waals surface area contributed by atoms with E-state index in [4.69, 9.17) is 4.74 Å². The lowest BCUT2D eigenvalue weighted by molar-refractivity contribution is 0.112.